The lowest BCUT2D eigenvalue weighted by Gasteiger charge is -2.04. The van der Waals surface area contributed by atoms with Crippen LogP contribution in [0.2, 0.25) is 0 Å². The average molecular weight is 165 g/mol. The van der Waals surface area contributed by atoms with Gasteiger partial charge in [-0.1, -0.05) is 6.58 Å². The summed E-state index contributed by atoms with van der Waals surface area (Å²) in [6.07, 6.45) is -3.61. The van der Waals surface area contributed by atoms with E-state index in [0.717, 1.165) is 6.21 Å². The number of hydrogen-bond acceptors (Lipinski definition) is 1. The molecular formula is C7H10F3N. The van der Waals surface area contributed by atoms with Gasteiger partial charge in [-0.25, -0.2) is 0 Å². The van der Waals surface area contributed by atoms with Crippen LogP contribution in [0, 0.1) is 5.41 Å². The van der Waals surface area contributed by atoms with Crippen molar-refractivity contribution in [1.29, 1.82) is 5.41 Å². The van der Waals surface area contributed by atoms with Gasteiger partial charge in [-0.05, 0) is 18.4 Å². The molecule has 0 saturated carbocycles. The van der Waals surface area contributed by atoms with E-state index in [1.807, 2.05) is 0 Å². The highest BCUT2D eigenvalue weighted by molar-refractivity contribution is 5.74. The number of nitrogens with one attached hydrogen (secondary N) is 1. The molecule has 1 nitrogen and oxygen atoms in total. The van der Waals surface area contributed by atoms with Crippen molar-refractivity contribution >= 4 is 6.21 Å². The molecule has 4 heteroatoms. The van der Waals surface area contributed by atoms with Gasteiger partial charge in [0.2, 0.25) is 0 Å². The Morgan fingerprint density at radius 3 is 2.36 bits per heavy atom. The zero-order valence-corrected chi connectivity index (χ0v) is 6.04. The van der Waals surface area contributed by atoms with Crippen LogP contribution in [-0.4, -0.2) is 12.4 Å². The van der Waals surface area contributed by atoms with Gasteiger partial charge in [-0.3, -0.25) is 0 Å². The van der Waals surface area contributed by atoms with E-state index in [0.29, 0.717) is 5.57 Å². The maximum Gasteiger partial charge on any atom is 0.389 e. The van der Waals surface area contributed by atoms with Crippen LogP contribution in [0.3, 0.4) is 0 Å². The quantitative estimate of drug-likeness (QED) is 0.619. The molecule has 0 aliphatic heterocycles. The molecule has 11 heavy (non-hydrogen) atoms. The molecule has 0 aromatic rings. The van der Waals surface area contributed by atoms with Crippen LogP contribution >= 0.6 is 0 Å². The van der Waals surface area contributed by atoms with Gasteiger partial charge in [0, 0.05) is 12.6 Å². The Kier molecular flexibility index (Phi) is 3.85. The molecule has 0 unspecified atom stereocenters. The van der Waals surface area contributed by atoms with Crippen LogP contribution in [0.15, 0.2) is 12.2 Å². The molecule has 0 bridgehead atoms. The highest BCUT2D eigenvalue weighted by atomic mass is 19.4. The van der Waals surface area contributed by atoms with Crippen LogP contribution in [0.4, 0.5) is 13.2 Å². The second-order valence-corrected chi connectivity index (χ2v) is 2.27. The molecule has 0 fully saturated rings. The summed E-state index contributed by atoms with van der Waals surface area (Å²) in [6, 6.07) is 0. The smallest absolute Gasteiger partial charge is 0.308 e. The first-order valence-electron chi connectivity index (χ1n) is 3.20. The first-order valence-corrected chi connectivity index (χ1v) is 3.20. The normalized spacial score (nSPS) is 11.2. The minimum Gasteiger partial charge on any atom is -0.308 e. The highest BCUT2D eigenvalue weighted by Gasteiger charge is 2.25. The fourth-order valence-corrected chi connectivity index (χ4v) is 0.588. The highest BCUT2D eigenvalue weighted by Crippen LogP contribution is 2.22. The van der Waals surface area contributed by atoms with Crippen molar-refractivity contribution in [3.05, 3.63) is 12.2 Å². The van der Waals surface area contributed by atoms with E-state index < -0.39 is 12.6 Å². The number of halogens is 3. The molecule has 64 valence electrons. The van der Waals surface area contributed by atoms with Gasteiger partial charge in [-0.2, -0.15) is 13.2 Å². The van der Waals surface area contributed by atoms with Crippen LogP contribution in [0.5, 0.6) is 0 Å². The van der Waals surface area contributed by atoms with Gasteiger partial charge in [0.15, 0.2) is 0 Å². The van der Waals surface area contributed by atoms with E-state index in [1.54, 1.807) is 0 Å². The zero-order chi connectivity index (χ0) is 8.91. The summed E-state index contributed by atoms with van der Waals surface area (Å²) in [7, 11) is 0. The van der Waals surface area contributed by atoms with Crippen LogP contribution in [0.25, 0.3) is 0 Å². The molecule has 0 spiro atoms. The van der Waals surface area contributed by atoms with Crippen LogP contribution in [0.1, 0.15) is 19.3 Å². The van der Waals surface area contributed by atoms with Crippen LogP contribution in [-0.2, 0) is 0 Å². The molecule has 0 rings (SSSR count). The maximum atomic E-state index is 11.5. The third kappa shape index (κ3) is 7.09. The molecular weight excluding hydrogens is 155 g/mol. The minimum absolute atomic E-state index is 0.0255. The van der Waals surface area contributed by atoms with Crippen molar-refractivity contribution in [1.82, 2.24) is 0 Å². The van der Waals surface area contributed by atoms with Gasteiger partial charge in [0.1, 0.15) is 0 Å². The molecule has 0 amide bonds. The molecule has 0 aromatic heterocycles. The number of rotatable bonds is 4. The zero-order valence-electron chi connectivity index (χ0n) is 6.04. The second kappa shape index (κ2) is 4.16. The Bertz CT molecular complexity index is 148. The SMILES string of the molecule is C=C(C=N)CCCC(F)(F)F. The molecule has 0 aromatic carbocycles. The average Bonchev–Trinajstić information content (AvgIpc) is 1.85. The molecule has 0 aliphatic rings. The van der Waals surface area contributed by atoms with E-state index in [-0.39, 0.29) is 12.8 Å². The lowest BCUT2D eigenvalue weighted by atomic mass is 10.1. The summed E-state index contributed by atoms with van der Waals surface area (Å²) in [5, 5.41) is 6.64. The van der Waals surface area contributed by atoms with Gasteiger partial charge in [-0.15, -0.1) is 0 Å². The fourth-order valence-electron chi connectivity index (χ4n) is 0.588. The summed E-state index contributed by atoms with van der Waals surface area (Å²) >= 11 is 0. The summed E-state index contributed by atoms with van der Waals surface area (Å²) in [4.78, 5) is 0. The Hall–Kier alpha value is -0.800. The number of alkyl halides is 3. The maximum absolute atomic E-state index is 11.5. The van der Waals surface area contributed by atoms with Gasteiger partial charge >= 0.3 is 6.18 Å². The fraction of sp³-hybridized carbons (Fsp3) is 0.571. The van der Waals surface area contributed by atoms with Crippen molar-refractivity contribution in [2.24, 2.45) is 0 Å². The van der Waals surface area contributed by atoms with Gasteiger partial charge < -0.3 is 5.41 Å². The van der Waals surface area contributed by atoms with E-state index in [9.17, 15) is 13.2 Å². The number of allylic oxidation sites excluding steroid dienone is 1. The van der Waals surface area contributed by atoms with E-state index in [2.05, 4.69) is 6.58 Å². The molecule has 0 saturated heterocycles. The lowest BCUT2D eigenvalue weighted by Crippen LogP contribution is -2.06. The standard InChI is InChI=1S/C7H10F3N/c1-6(5-11)3-2-4-7(8,9)10/h5,11H,1-4H2. The summed E-state index contributed by atoms with van der Waals surface area (Å²) in [5.74, 6) is 0. The van der Waals surface area contributed by atoms with Gasteiger partial charge in [0.05, 0.1) is 0 Å². The first-order chi connectivity index (χ1) is 4.95. The number of hydrogen-bond donors (Lipinski definition) is 1. The Balaban J connectivity index is 3.42. The van der Waals surface area contributed by atoms with Crippen molar-refractivity contribution in [3.63, 3.8) is 0 Å². The Morgan fingerprint density at radius 1 is 1.45 bits per heavy atom. The third-order valence-corrected chi connectivity index (χ3v) is 1.16. The largest absolute Gasteiger partial charge is 0.389 e. The van der Waals surface area contributed by atoms with Crippen molar-refractivity contribution in [3.8, 4) is 0 Å². The van der Waals surface area contributed by atoms with Crippen LogP contribution < -0.4 is 0 Å². The minimum atomic E-state index is -4.08. The summed E-state index contributed by atoms with van der Waals surface area (Å²) in [5.41, 5.74) is 0.439. The summed E-state index contributed by atoms with van der Waals surface area (Å²) < 4.78 is 34.6. The van der Waals surface area contributed by atoms with Crippen molar-refractivity contribution in [2.75, 3.05) is 0 Å². The van der Waals surface area contributed by atoms with E-state index >= 15 is 0 Å². The Morgan fingerprint density at radius 2 is 2.00 bits per heavy atom. The van der Waals surface area contributed by atoms with E-state index in [4.69, 9.17) is 5.41 Å². The Labute approximate surface area is 63.4 Å². The first kappa shape index (κ1) is 10.2. The third-order valence-electron chi connectivity index (χ3n) is 1.16. The molecule has 0 radical (unpaired) electrons. The van der Waals surface area contributed by atoms with E-state index in [1.165, 1.54) is 0 Å². The van der Waals surface area contributed by atoms with Gasteiger partial charge in [0.25, 0.3) is 0 Å². The monoisotopic (exact) mass is 165 g/mol. The van der Waals surface area contributed by atoms with Crippen molar-refractivity contribution in [2.45, 2.75) is 25.4 Å². The predicted molar refractivity (Wildman–Crippen MR) is 37.8 cm³/mol. The van der Waals surface area contributed by atoms with Crippen molar-refractivity contribution < 1.29 is 13.2 Å². The second-order valence-electron chi connectivity index (χ2n) is 2.27. The lowest BCUT2D eigenvalue weighted by molar-refractivity contribution is -0.135. The summed E-state index contributed by atoms with van der Waals surface area (Å²) in [6.45, 7) is 3.38. The topological polar surface area (TPSA) is 23.9 Å². The molecule has 0 atom stereocenters. The molecule has 0 aliphatic carbocycles. The molecule has 1 N–H and O–H groups in total. The predicted octanol–water partition coefficient (Wildman–Crippen LogP) is 2.92. The molecule has 0 heterocycles.